The van der Waals surface area contributed by atoms with Crippen LogP contribution in [0.1, 0.15) is 6.42 Å². The highest BCUT2D eigenvalue weighted by atomic mass is 79.9. The molecule has 5 heteroatoms. The zero-order chi connectivity index (χ0) is 7.98. The molecule has 0 saturated heterocycles. The number of aliphatic carboxylic acids is 1. The first-order chi connectivity index (χ1) is 4.70. The molecule has 1 atom stereocenters. The number of alkyl halides is 1. The second-order valence-electron chi connectivity index (χ2n) is 1.61. The number of hydrogen-bond acceptors (Lipinski definition) is 3. The summed E-state index contributed by atoms with van der Waals surface area (Å²) in [4.78, 5) is 19.7. The molecular formula is C5H7BrO4. The summed E-state index contributed by atoms with van der Waals surface area (Å²) in [6.45, 7) is 0.245. The highest BCUT2D eigenvalue weighted by Crippen LogP contribution is 2.00. The standard InChI is InChI=1S/C5H7BrO4/c6-2-4(10-3-7)1-5(8)9/h3-4H,1-2H2,(H,8,9)/t4-/m0/s1. The molecule has 0 aromatic rings. The van der Waals surface area contributed by atoms with Crippen molar-refractivity contribution in [2.24, 2.45) is 0 Å². The Hall–Kier alpha value is -0.580. The first-order valence-electron chi connectivity index (χ1n) is 2.57. The lowest BCUT2D eigenvalue weighted by Crippen LogP contribution is -2.18. The normalized spacial score (nSPS) is 12.1. The van der Waals surface area contributed by atoms with E-state index >= 15 is 0 Å². The van der Waals surface area contributed by atoms with Gasteiger partial charge in [0.1, 0.15) is 6.10 Å². The maximum atomic E-state index is 10.0. The number of halogens is 1. The van der Waals surface area contributed by atoms with Gasteiger partial charge in [0.25, 0.3) is 6.47 Å². The van der Waals surface area contributed by atoms with Gasteiger partial charge in [0.05, 0.1) is 6.42 Å². The molecule has 0 aromatic heterocycles. The van der Waals surface area contributed by atoms with Crippen molar-refractivity contribution < 1.29 is 19.4 Å². The monoisotopic (exact) mass is 210 g/mol. The van der Waals surface area contributed by atoms with Gasteiger partial charge in [0.15, 0.2) is 0 Å². The third-order valence-electron chi connectivity index (χ3n) is 0.822. The van der Waals surface area contributed by atoms with Crippen LogP contribution in [-0.4, -0.2) is 29.0 Å². The number of carbonyl (C=O) groups is 2. The van der Waals surface area contributed by atoms with Crippen LogP contribution >= 0.6 is 15.9 Å². The van der Waals surface area contributed by atoms with Crippen molar-refractivity contribution in [3.8, 4) is 0 Å². The van der Waals surface area contributed by atoms with Gasteiger partial charge in [-0.25, -0.2) is 0 Å². The molecule has 0 bridgehead atoms. The van der Waals surface area contributed by atoms with Gasteiger partial charge in [-0.2, -0.15) is 0 Å². The predicted octanol–water partition coefficient (Wildman–Crippen LogP) is 0.398. The number of carboxylic acids is 1. The largest absolute Gasteiger partial charge is 0.481 e. The van der Waals surface area contributed by atoms with Gasteiger partial charge in [-0.15, -0.1) is 0 Å². The molecule has 0 unspecified atom stereocenters. The summed E-state index contributed by atoms with van der Waals surface area (Å²) in [5.74, 6) is -0.980. The molecule has 1 N–H and O–H groups in total. The molecule has 4 nitrogen and oxygen atoms in total. The first kappa shape index (κ1) is 9.42. The van der Waals surface area contributed by atoms with Crippen molar-refractivity contribution in [2.45, 2.75) is 12.5 Å². The number of ether oxygens (including phenoxy) is 1. The molecule has 0 radical (unpaired) electrons. The summed E-state index contributed by atoms with van der Waals surface area (Å²) in [6, 6.07) is 0. The Labute approximate surface area is 66.3 Å². The average molecular weight is 211 g/mol. The SMILES string of the molecule is O=CO[C@H](CBr)CC(=O)O. The molecule has 0 spiro atoms. The van der Waals surface area contributed by atoms with Crippen LogP contribution in [0.25, 0.3) is 0 Å². The molecule has 0 amide bonds. The fraction of sp³-hybridized carbons (Fsp3) is 0.600. The summed E-state index contributed by atoms with van der Waals surface area (Å²) in [5.41, 5.74) is 0. The van der Waals surface area contributed by atoms with Crippen LogP contribution in [0.2, 0.25) is 0 Å². The van der Waals surface area contributed by atoms with Gasteiger partial charge < -0.3 is 9.84 Å². The Morgan fingerprint density at radius 1 is 1.80 bits per heavy atom. The van der Waals surface area contributed by atoms with E-state index in [0.717, 1.165) is 0 Å². The number of carbonyl (C=O) groups excluding carboxylic acids is 1. The Balaban J connectivity index is 3.59. The van der Waals surface area contributed by atoms with Gasteiger partial charge in [-0.05, 0) is 0 Å². The van der Waals surface area contributed by atoms with Crippen molar-refractivity contribution >= 4 is 28.4 Å². The summed E-state index contributed by atoms with van der Waals surface area (Å²) in [7, 11) is 0. The number of rotatable bonds is 5. The van der Waals surface area contributed by atoms with E-state index in [4.69, 9.17) is 5.11 Å². The fourth-order valence-corrected chi connectivity index (χ4v) is 0.794. The van der Waals surface area contributed by atoms with Crippen molar-refractivity contribution in [1.82, 2.24) is 0 Å². The minimum Gasteiger partial charge on any atom is -0.481 e. The van der Waals surface area contributed by atoms with Gasteiger partial charge in [0.2, 0.25) is 0 Å². The lowest BCUT2D eigenvalue weighted by atomic mass is 10.3. The first-order valence-corrected chi connectivity index (χ1v) is 3.69. The highest BCUT2D eigenvalue weighted by molar-refractivity contribution is 9.09. The molecule has 0 aliphatic rings. The Bertz CT molecular complexity index is 125. The molecule has 10 heavy (non-hydrogen) atoms. The second-order valence-corrected chi connectivity index (χ2v) is 2.25. The fourth-order valence-electron chi connectivity index (χ4n) is 0.412. The molecular weight excluding hydrogens is 204 g/mol. The van der Waals surface area contributed by atoms with E-state index in [-0.39, 0.29) is 12.9 Å². The number of carboxylic acid groups (broad SMARTS) is 1. The van der Waals surface area contributed by atoms with E-state index < -0.39 is 12.1 Å². The lowest BCUT2D eigenvalue weighted by molar-refractivity contribution is -0.142. The molecule has 0 saturated carbocycles. The third-order valence-corrected chi connectivity index (χ3v) is 1.54. The van der Waals surface area contributed by atoms with Crippen molar-refractivity contribution in [3.05, 3.63) is 0 Å². The molecule has 0 fully saturated rings. The Morgan fingerprint density at radius 2 is 2.40 bits per heavy atom. The highest BCUT2D eigenvalue weighted by Gasteiger charge is 2.11. The summed E-state index contributed by atoms with van der Waals surface area (Å²) >= 11 is 3.00. The van der Waals surface area contributed by atoms with E-state index in [0.29, 0.717) is 5.33 Å². The third kappa shape index (κ3) is 4.31. The topological polar surface area (TPSA) is 63.6 Å². The van der Waals surface area contributed by atoms with Gasteiger partial charge in [-0.1, -0.05) is 15.9 Å². The summed E-state index contributed by atoms with van der Waals surface area (Å²) < 4.78 is 4.39. The van der Waals surface area contributed by atoms with Crippen molar-refractivity contribution in [3.63, 3.8) is 0 Å². The molecule has 0 rings (SSSR count). The van der Waals surface area contributed by atoms with Crippen LogP contribution in [-0.2, 0) is 14.3 Å². The zero-order valence-electron chi connectivity index (χ0n) is 5.12. The van der Waals surface area contributed by atoms with E-state index in [1.165, 1.54) is 0 Å². The Kier molecular flexibility index (Phi) is 4.92. The quantitative estimate of drug-likeness (QED) is 0.528. The average Bonchev–Trinajstić information content (AvgIpc) is 1.86. The smallest absolute Gasteiger partial charge is 0.307 e. The predicted molar refractivity (Wildman–Crippen MR) is 37.0 cm³/mol. The molecule has 0 heterocycles. The maximum absolute atomic E-state index is 10.0. The van der Waals surface area contributed by atoms with Crippen LogP contribution < -0.4 is 0 Å². The molecule has 0 aliphatic carbocycles. The molecule has 0 aliphatic heterocycles. The summed E-state index contributed by atoms with van der Waals surface area (Å²) in [6.07, 6.45) is -0.723. The van der Waals surface area contributed by atoms with Crippen LogP contribution in [0.3, 0.4) is 0 Å². The van der Waals surface area contributed by atoms with Crippen LogP contribution in [0.15, 0.2) is 0 Å². The lowest BCUT2D eigenvalue weighted by Gasteiger charge is -2.07. The number of hydrogen-bond donors (Lipinski definition) is 1. The maximum Gasteiger partial charge on any atom is 0.307 e. The zero-order valence-corrected chi connectivity index (χ0v) is 6.70. The van der Waals surface area contributed by atoms with Crippen LogP contribution in [0, 0.1) is 0 Å². The Morgan fingerprint density at radius 3 is 2.70 bits per heavy atom. The van der Waals surface area contributed by atoms with Gasteiger partial charge in [-0.3, -0.25) is 9.59 Å². The molecule has 0 aromatic carbocycles. The molecule has 58 valence electrons. The van der Waals surface area contributed by atoms with Crippen molar-refractivity contribution in [1.29, 1.82) is 0 Å². The van der Waals surface area contributed by atoms with Gasteiger partial charge >= 0.3 is 5.97 Å². The van der Waals surface area contributed by atoms with Crippen LogP contribution in [0.4, 0.5) is 0 Å². The summed E-state index contributed by atoms with van der Waals surface area (Å²) in [5, 5.41) is 8.57. The minimum absolute atomic E-state index is 0.163. The second kappa shape index (κ2) is 5.22. The van der Waals surface area contributed by atoms with E-state index in [1.807, 2.05) is 0 Å². The minimum atomic E-state index is -0.980. The van der Waals surface area contributed by atoms with Gasteiger partial charge in [0, 0.05) is 5.33 Å². The van der Waals surface area contributed by atoms with E-state index in [9.17, 15) is 9.59 Å². The van der Waals surface area contributed by atoms with Crippen LogP contribution in [0.5, 0.6) is 0 Å². The van der Waals surface area contributed by atoms with E-state index in [1.54, 1.807) is 0 Å². The van der Waals surface area contributed by atoms with E-state index in [2.05, 4.69) is 20.7 Å². The van der Waals surface area contributed by atoms with Crippen molar-refractivity contribution in [2.75, 3.05) is 5.33 Å².